The Hall–Kier alpha value is -3.71. The predicted octanol–water partition coefficient (Wildman–Crippen LogP) is 2.74. The summed E-state index contributed by atoms with van der Waals surface area (Å²) >= 11 is 0. The number of rotatable bonds is 30. The Kier molecular flexibility index (Phi) is 24.7. The minimum Gasteiger partial charge on any atom is -0.480 e. The number of hydrogen-bond donors (Lipinski definition) is 4. The van der Waals surface area contributed by atoms with Crippen LogP contribution in [0, 0.1) is 23.7 Å². The molecule has 1 aliphatic heterocycles. The largest absolute Gasteiger partial charge is 0.480 e. The lowest BCUT2D eigenvalue weighted by molar-refractivity contribution is -0.148. The number of carbonyl (C=O) groups excluding carboxylic acids is 4. The average Bonchev–Trinajstić information content (AvgIpc) is 3.72. The zero-order chi connectivity index (χ0) is 46.5. The van der Waals surface area contributed by atoms with Crippen LogP contribution in [0.1, 0.15) is 79.7 Å². The van der Waals surface area contributed by atoms with Crippen LogP contribution in [-0.4, -0.2) is 166 Å². The van der Waals surface area contributed by atoms with Crippen LogP contribution in [0.5, 0.6) is 0 Å². The molecule has 0 bridgehead atoms. The number of ether oxygens (including phenoxy) is 4. The summed E-state index contributed by atoms with van der Waals surface area (Å²) in [5.74, 6) is 1.45. The number of carboxylic acids is 1. The van der Waals surface area contributed by atoms with Crippen LogP contribution >= 0.6 is 0 Å². The van der Waals surface area contributed by atoms with Crippen molar-refractivity contribution in [3.8, 4) is 0 Å². The van der Waals surface area contributed by atoms with E-state index in [0.29, 0.717) is 65.4 Å². The molecule has 0 aromatic heterocycles. The molecule has 1 unspecified atom stereocenters. The lowest BCUT2D eigenvalue weighted by Gasteiger charge is -2.41. The maximum atomic E-state index is 14.5. The van der Waals surface area contributed by atoms with Crippen LogP contribution in [0.2, 0.25) is 0 Å². The molecule has 354 valence electrons. The summed E-state index contributed by atoms with van der Waals surface area (Å²) in [7, 11) is 6.59. The highest BCUT2D eigenvalue weighted by molar-refractivity contribution is 5.90. The van der Waals surface area contributed by atoms with Crippen molar-refractivity contribution in [2.75, 3.05) is 74.4 Å². The van der Waals surface area contributed by atoms with Gasteiger partial charge in [0.15, 0.2) is 0 Å². The first-order chi connectivity index (χ1) is 29.4. The van der Waals surface area contributed by atoms with Crippen LogP contribution in [-0.2, 0) is 54.2 Å². The van der Waals surface area contributed by atoms with Gasteiger partial charge in [-0.2, -0.15) is 0 Å². The van der Waals surface area contributed by atoms with Gasteiger partial charge in [0.05, 0.1) is 75.7 Å². The molecule has 62 heavy (non-hydrogen) atoms. The zero-order valence-electron chi connectivity index (χ0n) is 39.2. The summed E-state index contributed by atoms with van der Waals surface area (Å²) in [6, 6.07) is 5.60. The number of nitrogens with one attached hydrogen (secondary N) is 2. The lowest BCUT2D eigenvalue weighted by Crippen LogP contribution is -2.60. The number of aliphatic carboxylic acids is 1. The Morgan fingerprint density at radius 3 is 2.05 bits per heavy atom. The Morgan fingerprint density at radius 2 is 1.50 bits per heavy atom. The molecule has 1 aliphatic rings. The summed E-state index contributed by atoms with van der Waals surface area (Å²) < 4.78 is 23.0. The van der Waals surface area contributed by atoms with Crippen molar-refractivity contribution in [1.29, 1.82) is 0 Å². The van der Waals surface area contributed by atoms with E-state index in [9.17, 15) is 29.1 Å². The van der Waals surface area contributed by atoms with Gasteiger partial charge in [-0.25, -0.2) is 10.7 Å². The molecule has 1 aromatic carbocycles. The van der Waals surface area contributed by atoms with E-state index in [1.54, 1.807) is 23.8 Å². The molecule has 9 atom stereocenters. The number of amides is 4. The Morgan fingerprint density at radius 1 is 0.871 bits per heavy atom. The maximum absolute atomic E-state index is 14.5. The standard InChI is InChI=1S/C45H78N6O11/c1-12-31(6)40(50(9)44(55)38(29(2)3)48-43(54)39(30(4)5)49(8)21-22-60-23-24-61-25-26-62-46)36(58-10)28-37(52)51-20-16-19-35(51)41(59-11)32(7)42(53)47-34(45(56)57)27-33-17-14-13-15-18-33/h13-15,17-18,29-32,34-36,38-41H,12,16,19-28,46H2,1-11H3,(H,47,53)(H,48,54)(H,56,57)/t31-,32+,34-,35-,36+,38-,39?,40-,41+/m0/s1. The SMILES string of the molecule is CC[C@H](C)[C@@H]([C@@H](CC(=O)N1CCC[C@H]1[C@H](OC)[C@@H](C)C(=O)N[C@@H](Cc1ccccc1)C(=O)O)OC)N(C)C(=O)[C@@H](NC(=O)C(C(C)C)N(C)CCOCCOCCON)C(C)C. The molecule has 17 nitrogen and oxygen atoms in total. The fraction of sp³-hybridized carbons (Fsp3) is 0.756. The number of carboxylic acid groups (broad SMARTS) is 1. The van der Waals surface area contributed by atoms with E-state index in [1.165, 1.54) is 14.2 Å². The molecule has 17 heteroatoms. The van der Waals surface area contributed by atoms with E-state index >= 15 is 0 Å². The van der Waals surface area contributed by atoms with Gasteiger partial charge in [0, 0.05) is 40.8 Å². The van der Waals surface area contributed by atoms with Crippen LogP contribution in [0.15, 0.2) is 30.3 Å². The topological polar surface area (TPSA) is 212 Å². The number of likely N-dealkylation sites (tertiary alicyclic amines) is 1. The molecule has 4 amide bonds. The van der Waals surface area contributed by atoms with Gasteiger partial charge in [-0.05, 0) is 43.2 Å². The van der Waals surface area contributed by atoms with Gasteiger partial charge in [0.2, 0.25) is 23.6 Å². The second-order valence-corrected chi connectivity index (χ2v) is 17.2. The minimum absolute atomic E-state index is 0.0377. The molecule has 1 fully saturated rings. The van der Waals surface area contributed by atoms with Crippen molar-refractivity contribution in [3.63, 3.8) is 0 Å². The third kappa shape index (κ3) is 16.4. The van der Waals surface area contributed by atoms with Gasteiger partial charge in [-0.1, -0.05) is 85.2 Å². The molecule has 1 heterocycles. The fourth-order valence-corrected chi connectivity index (χ4v) is 8.42. The summed E-state index contributed by atoms with van der Waals surface area (Å²) in [6.45, 7) is 16.2. The number of carbonyl (C=O) groups is 5. The molecular weight excluding hydrogens is 801 g/mol. The van der Waals surface area contributed by atoms with Crippen molar-refractivity contribution in [1.82, 2.24) is 25.3 Å². The maximum Gasteiger partial charge on any atom is 0.326 e. The van der Waals surface area contributed by atoms with Crippen LogP contribution < -0.4 is 16.5 Å². The molecule has 1 aromatic rings. The molecule has 0 spiro atoms. The summed E-state index contributed by atoms with van der Waals surface area (Å²) in [5, 5.41) is 15.7. The van der Waals surface area contributed by atoms with E-state index in [-0.39, 0.29) is 48.3 Å². The quantitative estimate of drug-likeness (QED) is 0.0648. The van der Waals surface area contributed by atoms with E-state index in [4.69, 9.17) is 24.8 Å². The minimum atomic E-state index is -1.15. The third-order valence-electron chi connectivity index (χ3n) is 12.1. The highest BCUT2D eigenvalue weighted by Gasteiger charge is 2.43. The number of benzene rings is 1. The first-order valence-corrected chi connectivity index (χ1v) is 22.1. The molecule has 0 aliphatic carbocycles. The van der Waals surface area contributed by atoms with Crippen molar-refractivity contribution < 1.29 is 52.9 Å². The molecular formula is C45H78N6O11. The van der Waals surface area contributed by atoms with Gasteiger partial charge >= 0.3 is 5.97 Å². The van der Waals surface area contributed by atoms with Crippen molar-refractivity contribution in [3.05, 3.63) is 35.9 Å². The first-order valence-electron chi connectivity index (χ1n) is 22.1. The number of nitrogens with zero attached hydrogens (tertiary/aromatic N) is 3. The average molecular weight is 879 g/mol. The van der Waals surface area contributed by atoms with Gasteiger partial charge < -0.3 is 49.3 Å². The Labute approximate surface area is 370 Å². The highest BCUT2D eigenvalue weighted by Crippen LogP contribution is 2.30. The second kappa shape index (κ2) is 28.2. The third-order valence-corrected chi connectivity index (χ3v) is 12.1. The van der Waals surface area contributed by atoms with Crippen LogP contribution in [0.3, 0.4) is 0 Å². The number of methoxy groups -OCH3 is 2. The van der Waals surface area contributed by atoms with Gasteiger partial charge in [-0.15, -0.1) is 0 Å². The van der Waals surface area contributed by atoms with Crippen LogP contribution in [0.25, 0.3) is 0 Å². The second-order valence-electron chi connectivity index (χ2n) is 17.2. The predicted molar refractivity (Wildman–Crippen MR) is 236 cm³/mol. The van der Waals surface area contributed by atoms with Crippen molar-refractivity contribution >= 4 is 29.6 Å². The van der Waals surface area contributed by atoms with Crippen molar-refractivity contribution in [2.45, 2.75) is 123 Å². The molecule has 2 rings (SSSR count). The number of nitrogens with two attached hydrogens (primary N) is 1. The molecule has 0 saturated carbocycles. The highest BCUT2D eigenvalue weighted by atomic mass is 16.6. The lowest BCUT2D eigenvalue weighted by atomic mass is 9.89. The Balaban J connectivity index is 2.20. The summed E-state index contributed by atoms with van der Waals surface area (Å²) in [4.78, 5) is 78.2. The normalized spacial score (nSPS) is 18.2. The van der Waals surface area contributed by atoms with Crippen LogP contribution in [0.4, 0.5) is 0 Å². The number of likely N-dealkylation sites (N-methyl/N-ethyl adjacent to an activating group) is 2. The summed E-state index contributed by atoms with van der Waals surface area (Å²) in [5.41, 5.74) is 0.777. The smallest absolute Gasteiger partial charge is 0.326 e. The molecule has 0 radical (unpaired) electrons. The first kappa shape index (κ1) is 54.4. The molecule has 5 N–H and O–H groups in total. The van der Waals surface area contributed by atoms with Crippen molar-refractivity contribution in [2.24, 2.45) is 29.6 Å². The zero-order valence-corrected chi connectivity index (χ0v) is 39.2. The number of hydrogen-bond acceptors (Lipinski definition) is 12. The monoisotopic (exact) mass is 879 g/mol. The van der Waals surface area contributed by atoms with E-state index in [0.717, 1.165) is 5.56 Å². The van der Waals surface area contributed by atoms with E-state index in [1.807, 2.05) is 83.8 Å². The van der Waals surface area contributed by atoms with Gasteiger partial charge in [-0.3, -0.25) is 24.1 Å². The van der Waals surface area contributed by atoms with E-state index < -0.39 is 60.2 Å². The van der Waals surface area contributed by atoms with Gasteiger partial charge in [0.25, 0.3) is 0 Å². The van der Waals surface area contributed by atoms with Gasteiger partial charge in [0.1, 0.15) is 12.1 Å². The fourth-order valence-electron chi connectivity index (χ4n) is 8.42. The van der Waals surface area contributed by atoms with E-state index in [2.05, 4.69) is 15.5 Å². The molecule has 1 saturated heterocycles. The summed E-state index contributed by atoms with van der Waals surface area (Å²) in [6.07, 6.45) is 0.658. The Bertz CT molecular complexity index is 1500.